The second-order valence-electron chi connectivity index (χ2n) is 8.67. The summed E-state index contributed by atoms with van der Waals surface area (Å²) in [5.41, 5.74) is 2.76. The molecule has 124 valence electrons. The number of epoxide rings is 1. The van der Waals surface area contributed by atoms with E-state index in [2.05, 4.69) is 27.7 Å². The van der Waals surface area contributed by atoms with Crippen LogP contribution in [-0.4, -0.2) is 23.3 Å². The smallest absolute Gasteiger partial charge is 0.162 e. The Morgan fingerprint density at radius 1 is 1.22 bits per heavy atom. The van der Waals surface area contributed by atoms with Crippen molar-refractivity contribution in [3.8, 4) is 0 Å². The van der Waals surface area contributed by atoms with E-state index in [1.165, 1.54) is 11.1 Å². The first-order valence-electron chi connectivity index (χ1n) is 8.85. The maximum atomic E-state index is 12.9. The Morgan fingerprint density at radius 2 is 1.91 bits per heavy atom. The fraction of sp³-hybridized carbons (Fsp3) is 0.700. The molecule has 1 aliphatic heterocycles. The number of rotatable bonds is 1. The molecule has 0 radical (unpaired) electrons. The van der Waals surface area contributed by atoms with Gasteiger partial charge in [0.25, 0.3) is 0 Å². The third kappa shape index (κ3) is 1.86. The van der Waals surface area contributed by atoms with Gasteiger partial charge in [0, 0.05) is 17.8 Å². The summed E-state index contributed by atoms with van der Waals surface area (Å²) in [6, 6.07) is 0. The van der Waals surface area contributed by atoms with Gasteiger partial charge in [-0.3, -0.25) is 9.59 Å². The number of allylic oxidation sites excluding steroid dienone is 3. The number of ether oxygens (including phenoxy) is 1. The number of fused-ring (bicyclic) bond motifs is 4. The lowest BCUT2D eigenvalue weighted by Gasteiger charge is -2.37. The van der Waals surface area contributed by atoms with Crippen molar-refractivity contribution in [1.29, 1.82) is 0 Å². The van der Waals surface area contributed by atoms with Crippen LogP contribution in [0.5, 0.6) is 0 Å². The molecular weight excluding hydrogens is 288 g/mol. The monoisotopic (exact) mass is 314 g/mol. The maximum absolute atomic E-state index is 12.9. The van der Waals surface area contributed by atoms with E-state index in [4.69, 9.17) is 4.74 Å². The molecule has 3 aliphatic carbocycles. The van der Waals surface area contributed by atoms with Gasteiger partial charge in [0.05, 0.1) is 11.7 Å². The van der Waals surface area contributed by atoms with Crippen LogP contribution < -0.4 is 0 Å². The maximum Gasteiger partial charge on any atom is 0.162 e. The summed E-state index contributed by atoms with van der Waals surface area (Å²) in [7, 11) is 0. The third-order valence-corrected chi connectivity index (χ3v) is 7.09. The quantitative estimate of drug-likeness (QED) is 0.694. The highest BCUT2D eigenvalue weighted by molar-refractivity contribution is 6.01. The molecule has 0 aromatic heterocycles. The summed E-state index contributed by atoms with van der Waals surface area (Å²) in [5.74, 6) is 1.29. The summed E-state index contributed by atoms with van der Waals surface area (Å²) >= 11 is 0. The summed E-state index contributed by atoms with van der Waals surface area (Å²) in [6.45, 7) is 10.5. The minimum Gasteiger partial charge on any atom is -0.366 e. The van der Waals surface area contributed by atoms with Gasteiger partial charge in [-0.2, -0.15) is 0 Å². The molecule has 3 nitrogen and oxygen atoms in total. The Morgan fingerprint density at radius 3 is 2.57 bits per heavy atom. The van der Waals surface area contributed by atoms with E-state index in [1.807, 2.05) is 13.0 Å². The van der Waals surface area contributed by atoms with Gasteiger partial charge in [-0.05, 0) is 50.2 Å². The molecule has 5 atom stereocenters. The average molecular weight is 314 g/mol. The normalized spacial score (nSPS) is 45.5. The molecule has 0 aromatic rings. The van der Waals surface area contributed by atoms with Crippen molar-refractivity contribution in [3.63, 3.8) is 0 Å². The highest BCUT2D eigenvalue weighted by Gasteiger charge is 2.65. The van der Waals surface area contributed by atoms with E-state index in [-0.39, 0.29) is 35.1 Å². The van der Waals surface area contributed by atoms with Crippen LogP contribution in [0.3, 0.4) is 0 Å². The third-order valence-electron chi connectivity index (χ3n) is 7.09. The first kappa shape index (κ1) is 15.3. The molecule has 0 N–H and O–H groups in total. The Bertz CT molecular complexity index is 683. The molecule has 0 bridgehead atoms. The van der Waals surface area contributed by atoms with Gasteiger partial charge in [0.1, 0.15) is 0 Å². The van der Waals surface area contributed by atoms with E-state index in [0.29, 0.717) is 12.3 Å². The first-order chi connectivity index (χ1) is 10.7. The molecule has 1 saturated heterocycles. The van der Waals surface area contributed by atoms with Crippen molar-refractivity contribution in [1.82, 2.24) is 0 Å². The number of hydrogen-bond acceptors (Lipinski definition) is 3. The first-order valence-corrected chi connectivity index (χ1v) is 8.85. The zero-order valence-corrected chi connectivity index (χ0v) is 14.7. The average Bonchev–Trinajstić information content (AvgIpc) is 2.95. The second kappa shape index (κ2) is 4.44. The van der Waals surface area contributed by atoms with Gasteiger partial charge >= 0.3 is 0 Å². The highest BCUT2D eigenvalue weighted by Crippen LogP contribution is 2.61. The fourth-order valence-electron chi connectivity index (χ4n) is 5.31. The summed E-state index contributed by atoms with van der Waals surface area (Å²) in [6.07, 6.45) is 4.27. The summed E-state index contributed by atoms with van der Waals surface area (Å²) in [4.78, 5) is 25.2. The van der Waals surface area contributed by atoms with E-state index in [1.54, 1.807) is 0 Å². The topological polar surface area (TPSA) is 46.7 Å². The number of hydrogen-bond donors (Lipinski definition) is 0. The zero-order valence-electron chi connectivity index (χ0n) is 14.7. The number of Topliss-reactive ketones (excluding diaryl/α,β-unsaturated/α-hetero) is 1. The standard InChI is InChI=1S/C20H26O3/c1-10(2)12-6-17(22)19(4)9-13-11(3)16(21)7-15(13)20(5)18(23-20)8-14(12)19/h6,10,14-15,18H,7-9H2,1-5H3/t14-,15-,18-,19+,20+/m1/s1. The number of ketones is 2. The van der Waals surface area contributed by atoms with Crippen LogP contribution in [0.4, 0.5) is 0 Å². The largest absolute Gasteiger partial charge is 0.366 e. The Kier molecular flexibility index (Phi) is 2.96. The molecule has 4 aliphatic rings. The molecule has 0 unspecified atom stereocenters. The highest BCUT2D eigenvalue weighted by atomic mass is 16.6. The van der Waals surface area contributed by atoms with Gasteiger partial charge in [0.2, 0.25) is 0 Å². The van der Waals surface area contributed by atoms with Gasteiger partial charge in [-0.25, -0.2) is 0 Å². The second-order valence-corrected chi connectivity index (χ2v) is 8.67. The van der Waals surface area contributed by atoms with Crippen LogP contribution in [0, 0.1) is 23.2 Å². The lowest BCUT2D eigenvalue weighted by molar-refractivity contribution is -0.124. The summed E-state index contributed by atoms with van der Waals surface area (Å²) in [5, 5.41) is 0. The van der Waals surface area contributed by atoms with Crippen LogP contribution in [0.2, 0.25) is 0 Å². The molecule has 0 amide bonds. The van der Waals surface area contributed by atoms with Crippen LogP contribution in [0.25, 0.3) is 0 Å². The van der Waals surface area contributed by atoms with E-state index in [0.717, 1.165) is 18.4 Å². The number of carbonyl (C=O) groups is 2. The van der Waals surface area contributed by atoms with Crippen molar-refractivity contribution in [2.24, 2.45) is 23.2 Å². The van der Waals surface area contributed by atoms with Crippen molar-refractivity contribution in [3.05, 3.63) is 22.8 Å². The molecule has 0 spiro atoms. The van der Waals surface area contributed by atoms with Gasteiger partial charge in [-0.15, -0.1) is 0 Å². The fourth-order valence-corrected chi connectivity index (χ4v) is 5.31. The lowest BCUT2D eigenvalue weighted by Crippen LogP contribution is -2.38. The van der Waals surface area contributed by atoms with Gasteiger partial charge < -0.3 is 4.74 Å². The molecule has 23 heavy (non-hydrogen) atoms. The Labute approximate surface area is 138 Å². The molecule has 2 fully saturated rings. The minimum absolute atomic E-state index is 0.175. The van der Waals surface area contributed by atoms with Gasteiger partial charge in [-0.1, -0.05) is 31.9 Å². The molecule has 1 saturated carbocycles. The minimum atomic E-state index is -0.396. The molecule has 1 heterocycles. The lowest BCUT2D eigenvalue weighted by atomic mass is 9.63. The van der Waals surface area contributed by atoms with E-state index >= 15 is 0 Å². The van der Waals surface area contributed by atoms with Crippen LogP contribution in [-0.2, 0) is 14.3 Å². The molecule has 4 rings (SSSR count). The van der Waals surface area contributed by atoms with Crippen LogP contribution in [0.15, 0.2) is 22.8 Å². The predicted molar refractivity (Wildman–Crippen MR) is 87.9 cm³/mol. The number of carbonyl (C=O) groups excluding carboxylic acids is 2. The van der Waals surface area contributed by atoms with E-state index in [9.17, 15) is 9.59 Å². The van der Waals surface area contributed by atoms with Crippen LogP contribution >= 0.6 is 0 Å². The van der Waals surface area contributed by atoms with Crippen LogP contribution in [0.1, 0.15) is 53.9 Å². The van der Waals surface area contributed by atoms with Crippen molar-refractivity contribution in [2.45, 2.75) is 65.6 Å². The molecular formula is C20H26O3. The van der Waals surface area contributed by atoms with Crippen molar-refractivity contribution in [2.75, 3.05) is 0 Å². The predicted octanol–water partition coefficient (Wildman–Crippen LogP) is 3.63. The Balaban J connectivity index is 1.82. The molecule has 0 aromatic carbocycles. The zero-order chi connectivity index (χ0) is 16.7. The summed E-state index contributed by atoms with van der Waals surface area (Å²) < 4.78 is 6.13. The van der Waals surface area contributed by atoms with E-state index < -0.39 is 5.41 Å². The van der Waals surface area contributed by atoms with Gasteiger partial charge in [0.15, 0.2) is 11.6 Å². The van der Waals surface area contributed by atoms with Crippen molar-refractivity contribution < 1.29 is 14.3 Å². The Hall–Kier alpha value is -1.22. The molecule has 3 heteroatoms. The SMILES string of the molecule is CC1=C2C[C@]3(C)C(=O)C=C(C(C)C)[C@H]3C[C@H]3O[C@@]3(C)[C@@H]2CC1=O. The van der Waals surface area contributed by atoms with Crippen molar-refractivity contribution >= 4 is 11.6 Å².